The number of hydrogen-bond donors (Lipinski definition) is 3. The Morgan fingerprint density at radius 2 is 2.36 bits per heavy atom. The SMILES string of the molecule is CCC(C(=N)N)N1CCCC(C)(O)C1. The molecule has 1 aliphatic heterocycles. The van der Waals surface area contributed by atoms with Crippen LogP contribution in [0.1, 0.15) is 33.1 Å². The lowest BCUT2D eigenvalue weighted by Gasteiger charge is -2.40. The van der Waals surface area contributed by atoms with Gasteiger partial charge in [0.15, 0.2) is 0 Å². The van der Waals surface area contributed by atoms with Crippen molar-refractivity contribution in [1.29, 1.82) is 5.41 Å². The van der Waals surface area contributed by atoms with Crippen LogP contribution < -0.4 is 5.73 Å². The number of β-amino-alcohol motifs (C(OH)–C–C–N with tert-alkyl or cyclic N) is 1. The molecule has 1 saturated heterocycles. The Bertz CT molecular complexity index is 215. The monoisotopic (exact) mass is 199 g/mol. The van der Waals surface area contributed by atoms with Gasteiger partial charge in [0, 0.05) is 6.54 Å². The standard InChI is InChI=1S/C10H21N3O/c1-3-8(9(11)12)13-6-4-5-10(2,14)7-13/h8,14H,3-7H2,1-2H3,(H3,11,12). The third-order valence-corrected chi connectivity index (χ3v) is 2.89. The average Bonchev–Trinajstić information content (AvgIpc) is 2.02. The number of nitrogens with one attached hydrogen (secondary N) is 1. The number of nitrogens with zero attached hydrogens (tertiary/aromatic N) is 1. The van der Waals surface area contributed by atoms with Crippen LogP contribution in [0, 0.1) is 5.41 Å². The molecule has 1 aliphatic rings. The molecule has 0 aliphatic carbocycles. The first kappa shape index (κ1) is 11.5. The van der Waals surface area contributed by atoms with Crippen LogP contribution in [0.15, 0.2) is 0 Å². The number of hydrogen-bond acceptors (Lipinski definition) is 3. The summed E-state index contributed by atoms with van der Waals surface area (Å²) in [4.78, 5) is 2.12. The third-order valence-electron chi connectivity index (χ3n) is 2.89. The Kier molecular flexibility index (Phi) is 3.50. The van der Waals surface area contributed by atoms with Gasteiger partial charge in [0.25, 0.3) is 0 Å². The summed E-state index contributed by atoms with van der Waals surface area (Å²) in [5, 5.41) is 17.4. The molecule has 4 heteroatoms. The van der Waals surface area contributed by atoms with E-state index in [1.54, 1.807) is 0 Å². The maximum absolute atomic E-state index is 9.92. The van der Waals surface area contributed by atoms with Crippen LogP contribution in [0.4, 0.5) is 0 Å². The van der Waals surface area contributed by atoms with Gasteiger partial charge < -0.3 is 10.8 Å². The lowest BCUT2D eigenvalue weighted by Crippen LogP contribution is -2.53. The number of amidine groups is 1. The van der Waals surface area contributed by atoms with Crippen LogP contribution in [-0.2, 0) is 0 Å². The highest BCUT2D eigenvalue weighted by atomic mass is 16.3. The molecule has 14 heavy (non-hydrogen) atoms. The Balaban J connectivity index is 2.62. The van der Waals surface area contributed by atoms with Gasteiger partial charge >= 0.3 is 0 Å². The second kappa shape index (κ2) is 4.28. The Morgan fingerprint density at radius 1 is 1.71 bits per heavy atom. The van der Waals surface area contributed by atoms with Crippen molar-refractivity contribution in [3.63, 3.8) is 0 Å². The van der Waals surface area contributed by atoms with Crippen LogP contribution in [0.3, 0.4) is 0 Å². The Labute approximate surface area is 85.6 Å². The van der Waals surface area contributed by atoms with Gasteiger partial charge in [-0.2, -0.15) is 0 Å². The third kappa shape index (κ3) is 2.69. The molecule has 0 aromatic rings. The van der Waals surface area contributed by atoms with Gasteiger partial charge in [-0.05, 0) is 32.7 Å². The van der Waals surface area contributed by atoms with Gasteiger partial charge in [-0.25, -0.2) is 0 Å². The lowest BCUT2D eigenvalue weighted by atomic mass is 9.93. The second-order valence-electron chi connectivity index (χ2n) is 4.45. The van der Waals surface area contributed by atoms with Crippen molar-refractivity contribution in [2.45, 2.75) is 44.8 Å². The van der Waals surface area contributed by atoms with E-state index < -0.39 is 5.60 Å². The summed E-state index contributed by atoms with van der Waals surface area (Å²) in [6.45, 7) is 5.45. The van der Waals surface area contributed by atoms with Crippen molar-refractivity contribution in [2.75, 3.05) is 13.1 Å². The Morgan fingerprint density at radius 3 is 2.79 bits per heavy atom. The maximum Gasteiger partial charge on any atom is 0.108 e. The first-order valence-electron chi connectivity index (χ1n) is 5.26. The highest BCUT2D eigenvalue weighted by Gasteiger charge is 2.32. The van der Waals surface area contributed by atoms with E-state index in [0.717, 1.165) is 25.8 Å². The molecule has 0 amide bonds. The van der Waals surface area contributed by atoms with E-state index in [0.29, 0.717) is 6.54 Å². The van der Waals surface area contributed by atoms with Crippen LogP contribution in [-0.4, -0.2) is 40.6 Å². The molecule has 1 heterocycles. The summed E-state index contributed by atoms with van der Waals surface area (Å²) in [5.41, 5.74) is 4.92. The molecule has 4 N–H and O–H groups in total. The van der Waals surface area contributed by atoms with Crippen molar-refractivity contribution in [3.8, 4) is 0 Å². The number of likely N-dealkylation sites (tertiary alicyclic amines) is 1. The van der Waals surface area contributed by atoms with Crippen LogP contribution in [0.5, 0.6) is 0 Å². The van der Waals surface area contributed by atoms with Crippen molar-refractivity contribution >= 4 is 5.84 Å². The van der Waals surface area contributed by atoms with E-state index >= 15 is 0 Å². The predicted molar refractivity (Wildman–Crippen MR) is 57.4 cm³/mol. The van der Waals surface area contributed by atoms with E-state index in [-0.39, 0.29) is 11.9 Å². The normalized spacial score (nSPS) is 31.4. The largest absolute Gasteiger partial charge is 0.389 e. The zero-order valence-corrected chi connectivity index (χ0v) is 9.08. The van der Waals surface area contributed by atoms with Crippen molar-refractivity contribution in [2.24, 2.45) is 5.73 Å². The summed E-state index contributed by atoms with van der Waals surface area (Å²) in [5.74, 6) is 0.213. The van der Waals surface area contributed by atoms with Gasteiger partial charge in [0.1, 0.15) is 5.84 Å². The average molecular weight is 199 g/mol. The lowest BCUT2D eigenvalue weighted by molar-refractivity contribution is -0.0221. The number of rotatable bonds is 3. The molecule has 2 unspecified atom stereocenters. The fraction of sp³-hybridized carbons (Fsp3) is 0.900. The van der Waals surface area contributed by atoms with E-state index in [1.165, 1.54) is 0 Å². The first-order chi connectivity index (χ1) is 6.46. The number of nitrogens with two attached hydrogens (primary N) is 1. The van der Waals surface area contributed by atoms with E-state index in [4.69, 9.17) is 11.1 Å². The first-order valence-corrected chi connectivity index (χ1v) is 5.26. The van der Waals surface area contributed by atoms with Gasteiger partial charge in [0.2, 0.25) is 0 Å². The summed E-state index contributed by atoms with van der Waals surface area (Å²) < 4.78 is 0. The summed E-state index contributed by atoms with van der Waals surface area (Å²) in [6, 6.07) is 0.00164. The minimum Gasteiger partial charge on any atom is -0.389 e. The van der Waals surface area contributed by atoms with Crippen molar-refractivity contribution in [3.05, 3.63) is 0 Å². The topological polar surface area (TPSA) is 73.3 Å². The van der Waals surface area contributed by atoms with Crippen LogP contribution in [0.2, 0.25) is 0 Å². The second-order valence-corrected chi connectivity index (χ2v) is 4.45. The quantitative estimate of drug-likeness (QED) is 0.459. The smallest absolute Gasteiger partial charge is 0.108 e. The molecule has 0 bridgehead atoms. The molecule has 1 fully saturated rings. The van der Waals surface area contributed by atoms with E-state index in [2.05, 4.69) is 4.90 Å². The highest BCUT2D eigenvalue weighted by Crippen LogP contribution is 2.22. The van der Waals surface area contributed by atoms with Gasteiger partial charge in [-0.1, -0.05) is 6.92 Å². The molecule has 0 radical (unpaired) electrons. The molecule has 4 nitrogen and oxygen atoms in total. The molecular weight excluding hydrogens is 178 g/mol. The fourth-order valence-electron chi connectivity index (χ4n) is 2.20. The molecule has 0 aromatic carbocycles. The Hall–Kier alpha value is -0.610. The summed E-state index contributed by atoms with van der Waals surface area (Å²) >= 11 is 0. The van der Waals surface area contributed by atoms with E-state index in [1.807, 2.05) is 13.8 Å². The molecule has 0 spiro atoms. The molecule has 0 aromatic heterocycles. The molecular formula is C10H21N3O. The minimum absolute atomic E-state index is 0.00164. The van der Waals surface area contributed by atoms with Crippen LogP contribution >= 0.6 is 0 Å². The van der Waals surface area contributed by atoms with Gasteiger partial charge in [-0.3, -0.25) is 10.3 Å². The molecule has 2 atom stereocenters. The summed E-state index contributed by atoms with van der Waals surface area (Å²) in [6.07, 6.45) is 2.67. The van der Waals surface area contributed by atoms with Crippen molar-refractivity contribution in [1.82, 2.24) is 4.90 Å². The molecule has 82 valence electrons. The zero-order valence-electron chi connectivity index (χ0n) is 9.08. The minimum atomic E-state index is -0.610. The molecule has 1 rings (SSSR count). The van der Waals surface area contributed by atoms with Gasteiger partial charge in [-0.15, -0.1) is 0 Å². The fourth-order valence-corrected chi connectivity index (χ4v) is 2.20. The van der Waals surface area contributed by atoms with Gasteiger partial charge in [0.05, 0.1) is 11.6 Å². The number of piperidine rings is 1. The zero-order chi connectivity index (χ0) is 10.8. The summed E-state index contributed by atoms with van der Waals surface area (Å²) in [7, 11) is 0. The van der Waals surface area contributed by atoms with Crippen molar-refractivity contribution < 1.29 is 5.11 Å². The number of aliphatic hydroxyl groups is 1. The predicted octanol–water partition coefficient (Wildman–Crippen LogP) is 0.548. The van der Waals surface area contributed by atoms with Crippen LogP contribution in [0.25, 0.3) is 0 Å². The maximum atomic E-state index is 9.92. The molecule has 0 saturated carbocycles. The highest BCUT2D eigenvalue weighted by molar-refractivity contribution is 5.82. The van der Waals surface area contributed by atoms with E-state index in [9.17, 15) is 5.11 Å².